The van der Waals surface area contributed by atoms with Gasteiger partial charge in [-0.3, -0.25) is 4.79 Å². The maximum Gasteiger partial charge on any atom is 0.453 e. The SMILES string of the molecule is O=Cc1noc(C(F)(F)F)c1C(=O)O. The van der Waals surface area contributed by atoms with Crippen LogP contribution in [0.1, 0.15) is 26.6 Å². The largest absolute Gasteiger partial charge is 0.477 e. The lowest BCUT2D eigenvalue weighted by Crippen LogP contribution is -2.11. The molecule has 1 N–H and O–H groups in total. The second-order valence-corrected chi connectivity index (χ2v) is 2.19. The van der Waals surface area contributed by atoms with Crippen molar-refractivity contribution in [2.24, 2.45) is 0 Å². The van der Waals surface area contributed by atoms with E-state index >= 15 is 0 Å². The number of rotatable bonds is 2. The Morgan fingerprint density at radius 3 is 2.43 bits per heavy atom. The summed E-state index contributed by atoms with van der Waals surface area (Å²) < 4.78 is 39.9. The Balaban J connectivity index is 3.39. The number of aromatic carboxylic acids is 1. The van der Waals surface area contributed by atoms with E-state index < -0.39 is 29.2 Å². The van der Waals surface area contributed by atoms with Crippen molar-refractivity contribution in [2.45, 2.75) is 6.18 Å². The molecule has 0 aliphatic carbocycles. The zero-order chi connectivity index (χ0) is 10.9. The molecule has 0 unspecified atom stereocenters. The molecule has 0 bridgehead atoms. The average molecular weight is 209 g/mol. The number of hydrogen-bond acceptors (Lipinski definition) is 4. The summed E-state index contributed by atoms with van der Waals surface area (Å²) >= 11 is 0. The fourth-order valence-electron chi connectivity index (χ4n) is 0.783. The first-order valence-electron chi connectivity index (χ1n) is 3.13. The normalized spacial score (nSPS) is 11.4. The van der Waals surface area contributed by atoms with Crippen LogP contribution < -0.4 is 0 Å². The number of carbonyl (C=O) groups excluding carboxylic acids is 1. The molecule has 5 nitrogen and oxygen atoms in total. The molecule has 0 fully saturated rings. The van der Waals surface area contributed by atoms with Crippen molar-refractivity contribution in [1.29, 1.82) is 0 Å². The zero-order valence-electron chi connectivity index (χ0n) is 6.33. The molecule has 0 aromatic carbocycles. The molecular formula is C6H2F3NO4. The van der Waals surface area contributed by atoms with Crippen molar-refractivity contribution in [3.63, 3.8) is 0 Å². The molecule has 0 radical (unpaired) electrons. The van der Waals surface area contributed by atoms with E-state index in [1.54, 1.807) is 0 Å². The molecule has 8 heteroatoms. The summed E-state index contributed by atoms with van der Waals surface area (Å²) in [6.07, 6.45) is -5.11. The van der Waals surface area contributed by atoms with Crippen LogP contribution in [-0.4, -0.2) is 22.5 Å². The first kappa shape index (κ1) is 10.2. The fraction of sp³-hybridized carbons (Fsp3) is 0.167. The summed E-state index contributed by atoms with van der Waals surface area (Å²) in [7, 11) is 0. The Kier molecular flexibility index (Phi) is 2.28. The Labute approximate surface area is 74.1 Å². The van der Waals surface area contributed by atoms with Gasteiger partial charge in [-0.1, -0.05) is 5.16 Å². The molecule has 0 spiro atoms. The molecule has 0 saturated heterocycles. The molecular weight excluding hydrogens is 207 g/mol. The summed E-state index contributed by atoms with van der Waals surface area (Å²) in [4.78, 5) is 20.5. The van der Waals surface area contributed by atoms with Gasteiger partial charge in [0.25, 0.3) is 5.76 Å². The quantitative estimate of drug-likeness (QED) is 0.740. The van der Waals surface area contributed by atoms with Gasteiger partial charge in [-0.05, 0) is 0 Å². The molecule has 0 saturated carbocycles. The molecule has 1 aromatic rings. The van der Waals surface area contributed by atoms with Crippen LogP contribution >= 0.6 is 0 Å². The van der Waals surface area contributed by atoms with Crippen LogP contribution in [-0.2, 0) is 6.18 Å². The molecule has 0 aliphatic rings. The monoisotopic (exact) mass is 209 g/mol. The Morgan fingerprint density at radius 2 is 2.07 bits per heavy atom. The highest BCUT2D eigenvalue weighted by Crippen LogP contribution is 2.32. The van der Waals surface area contributed by atoms with Gasteiger partial charge in [0.2, 0.25) is 0 Å². The molecule has 0 aliphatic heterocycles. The topological polar surface area (TPSA) is 80.4 Å². The fourth-order valence-corrected chi connectivity index (χ4v) is 0.783. The van der Waals surface area contributed by atoms with Gasteiger partial charge in [-0.15, -0.1) is 0 Å². The van der Waals surface area contributed by atoms with E-state index in [9.17, 15) is 22.8 Å². The number of alkyl halides is 3. The summed E-state index contributed by atoms with van der Waals surface area (Å²) in [6.45, 7) is 0. The van der Waals surface area contributed by atoms with Gasteiger partial charge < -0.3 is 9.63 Å². The predicted octanol–water partition coefficient (Wildman–Crippen LogP) is 1.20. The van der Waals surface area contributed by atoms with Gasteiger partial charge in [0.1, 0.15) is 5.56 Å². The third-order valence-electron chi connectivity index (χ3n) is 1.30. The van der Waals surface area contributed by atoms with Crippen molar-refractivity contribution in [3.05, 3.63) is 17.0 Å². The highest BCUT2D eigenvalue weighted by molar-refractivity contribution is 5.96. The lowest BCUT2D eigenvalue weighted by Gasteiger charge is -2.00. The average Bonchev–Trinajstić information content (AvgIpc) is 2.45. The number of carboxylic acids is 1. The second kappa shape index (κ2) is 3.13. The summed E-state index contributed by atoms with van der Waals surface area (Å²) in [5, 5.41) is 11.0. The number of hydrogen-bond donors (Lipinski definition) is 1. The summed E-state index contributed by atoms with van der Waals surface area (Å²) in [5.74, 6) is -3.70. The van der Waals surface area contributed by atoms with Gasteiger partial charge in [-0.2, -0.15) is 13.2 Å². The maximum atomic E-state index is 12.0. The van der Waals surface area contributed by atoms with E-state index in [2.05, 4.69) is 9.68 Å². The van der Waals surface area contributed by atoms with E-state index in [1.165, 1.54) is 0 Å². The number of aldehydes is 1. The minimum Gasteiger partial charge on any atom is -0.477 e. The lowest BCUT2D eigenvalue weighted by atomic mass is 10.2. The number of nitrogens with zero attached hydrogens (tertiary/aromatic N) is 1. The smallest absolute Gasteiger partial charge is 0.453 e. The number of halogens is 3. The maximum absolute atomic E-state index is 12.0. The van der Waals surface area contributed by atoms with Gasteiger partial charge in [0.05, 0.1) is 0 Å². The zero-order valence-corrected chi connectivity index (χ0v) is 6.33. The number of carboxylic acid groups (broad SMARTS) is 1. The van der Waals surface area contributed by atoms with Crippen molar-refractivity contribution >= 4 is 12.3 Å². The number of carbonyl (C=O) groups is 2. The molecule has 76 valence electrons. The molecule has 1 aromatic heterocycles. The minimum atomic E-state index is -4.98. The first-order chi connectivity index (χ1) is 6.38. The Morgan fingerprint density at radius 1 is 1.50 bits per heavy atom. The molecule has 0 atom stereocenters. The molecule has 14 heavy (non-hydrogen) atoms. The minimum absolute atomic E-state index is 0.123. The Hall–Kier alpha value is -1.86. The third-order valence-corrected chi connectivity index (χ3v) is 1.30. The van der Waals surface area contributed by atoms with Crippen molar-refractivity contribution in [3.8, 4) is 0 Å². The standard InChI is InChI=1S/C6H2F3NO4/c7-6(8,9)4-3(5(12)13)2(1-11)10-14-4/h1H,(H,12,13). The van der Waals surface area contributed by atoms with Crippen LogP contribution in [0.4, 0.5) is 13.2 Å². The van der Waals surface area contributed by atoms with E-state index in [0.29, 0.717) is 0 Å². The summed E-state index contributed by atoms with van der Waals surface area (Å²) in [6, 6.07) is 0. The summed E-state index contributed by atoms with van der Waals surface area (Å²) in [5.41, 5.74) is -2.16. The molecule has 1 rings (SSSR count). The third kappa shape index (κ3) is 1.58. The van der Waals surface area contributed by atoms with Crippen LogP contribution in [0, 0.1) is 0 Å². The van der Waals surface area contributed by atoms with Gasteiger partial charge in [0, 0.05) is 0 Å². The van der Waals surface area contributed by atoms with Crippen molar-refractivity contribution < 1.29 is 32.4 Å². The number of aromatic nitrogens is 1. The molecule has 1 heterocycles. The lowest BCUT2D eigenvalue weighted by molar-refractivity contribution is -0.156. The van der Waals surface area contributed by atoms with E-state index in [0.717, 1.165) is 0 Å². The highest BCUT2D eigenvalue weighted by atomic mass is 19.4. The van der Waals surface area contributed by atoms with Crippen molar-refractivity contribution in [1.82, 2.24) is 5.16 Å². The van der Waals surface area contributed by atoms with Crippen LogP contribution in [0.25, 0.3) is 0 Å². The van der Waals surface area contributed by atoms with Crippen molar-refractivity contribution in [2.75, 3.05) is 0 Å². The van der Waals surface area contributed by atoms with Crippen LogP contribution in [0.2, 0.25) is 0 Å². The van der Waals surface area contributed by atoms with Gasteiger partial charge in [-0.25, -0.2) is 4.79 Å². The van der Waals surface area contributed by atoms with Gasteiger partial charge >= 0.3 is 12.1 Å². The van der Waals surface area contributed by atoms with Crippen LogP contribution in [0.5, 0.6) is 0 Å². The van der Waals surface area contributed by atoms with Gasteiger partial charge in [0.15, 0.2) is 12.0 Å². The Bertz CT molecular complexity index is 381. The van der Waals surface area contributed by atoms with Crippen LogP contribution in [0.3, 0.4) is 0 Å². The van der Waals surface area contributed by atoms with E-state index in [1.807, 2.05) is 0 Å². The predicted molar refractivity (Wildman–Crippen MR) is 33.9 cm³/mol. The second-order valence-electron chi connectivity index (χ2n) is 2.19. The van der Waals surface area contributed by atoms with E-state index in [-0.39, 0.29) is 6.29 Å². The molecule has 0 amide bonds. The van der Waals surface area contributed by atoms with E-state index in [4.69, 9.17) is 5.11 Å². The highest BCUT2D eigenvalue weighted by Gasteiger charge is 2.42. The first-order valence-corrected chi connectivity index (χ1v) is 3.13. The van der Waals surface area contributed by atoms with Crippen LogP contribution in [0.15, 0.2) is 4.52 Å².